The summed E-state index contributed by atoms with van der Waals surface area (Å²) >= 11 is 6.02. The Labute approximate surface area is 139 Å². The number of benzene rings is 2. The van der Waals surface area contributed by atoms with Gasteiger partial charge in [-0.3, -0.25) is 4.79 Å². The van der Waals surface area contributed by atoms with Crippen molar-refractivity contribution in [1.29, 1.82) is 0 Å². The molecule has 0 aliphatic carbocycles. The lowest BCUT2D eigenvalue weighted by Gasteiger charge is -2.25. The van der Waals surface area contributed by atoms with Crippen LogP contribution in [-0.2, 0) is 4.79 Å². The van der Waals surface area contributed by atoms with Gasteiger partial charge in [0.2, 0.25) is 0 Å². The smallest absolute Gasteiger partial charge is 0.261 e. The van der Waals surface area contributed by atoms with Crippen molar-refractivity contribution in [2.75, 3.05) is 13.2 Å². The molecule has 0 bridgehead atoms. The third-order valence-electron chi connectivity index (χ3n) is 4.02. The highest BCUT2D eigenvalue weighted by atomic mass is 35.5. The predicted molar refractivity (Wildman–Crippen MR) is 87.0 cm³/mol. The van der Waals surface area contributed by atoms with Crippen LogP contribution in [0.25, 0.3) is 0 Å². The Morgan fingerprint density at radius 2 is 1.96 bits per heavy atom. The molecule has 0 aromatic heterocycles. The molecule has 1 aliphatic rings. The molecule has 2 aromatic carbocycles. The summed E-state index contributed by atoms with van der Waals surface area (Å²) in [5.74, 6) is 0.142. The van der Waals surface area contributed by atoms with E-state index in [0.717, 1.165) is 18.4 Å². The summed E-state index contributed by atoms with van der Waals surface area (Å²) < 4.78 is 18.6. The summed E-state index contributed by atoms with van der Waals surface area (Å²) in [6.07, 6.45) is 1.81. The second-order valence-corrected chi connectivity index (χ2v) is 5.92. The monoisotopic (exact) mass is 333 g/mol. The number of halogens is 2. The first-order valence-electron chi connectivity index (χ1n) is 7.57. The van der Waals surface area contributed by atoms with E-state index in [4.69, 9.17) is 16.3 Å². The first-order chi connectivity index (χ1) is 11.1. The number of hydrogen-bond acceptors (Lipinski definition) is 2. The van der Waals surface area contributed by atoms with Gasteiger partial charge in [-0.1, -0.05) is 35.9 Å². The van der Waals surface area contributed by atoms with Gasteiger partial charge in [-0.25, -0.2) is 4.39 Å². The fourth-order valence-electron chi connectivity index (χ4n) is 2.88. The van der Waals surface area contributed by atoms with Crippen LogP contribution in [0.1, 0.15) is 24.4 Å². The van der Waals surface area contributed by atoms with Gasteiger partial charge in [0.25, 0.3) is 5.91 Å². The summed E-state index contributed by atoms with van der Waals surface area (Å²) in [5, 5.41) is 0.483. The Kier molecular flexibility index (Phi) is 4.82. The molecule has 1 amide bonds. The molecular weight excluding hydrogens is 317 g/mol. The number of amides is 1. The van der Waals surface area contributed by atoms with E-state index in [1.54, 1.807) is 29.2 Å². The Morgan fingerprint density at radius 1 is 1.22 bits per heavy atom. The number of ether oxygens (including phenoxy) is 1. The summed E-state index contributed by atoms with van der Waals surface area (Å²) in [7, 11) is 0. The van der Waals surface area contributed by atoms with Gasteiger partial charge in [0.15, 0.2) is 6.61 Å². The minimum absolute atomic E-state index is 0.0158. The van der Waals surface area contributed by atoms with Crippen molar-refractivity contribution in [2.24, 2.45) is 0 Å². The van der Waals surface area contributed by atoms with Crippen molar-refractivity contribution in [1.82, 2.24) is 4.90 Å². The highest BCUT2D eigenvalue weighted by Crippen LogP contribution is 2.32. The Bertz CT molecular complexity index is 690. The first-order valence-corrected chi connectivity index (χ1v) is 7.95. The Balaban J connectivity index is 1.66. The lowest BCUT2D eigenvalue weighted by atomic mass is 10.0. The average molecular weight is 334 g/mol. The molecule has 0 radical (unpaired) electrons. The largest absolute Gasteiger partial charge is 0.482 e. The maximum Gasteiger partial charge on any atom is 0.261 e. The minimum atomic E-state index is -0.272. The summed E-state index contributed by atoms with van der Waals surface area (Å²) in [4.78, 5) is 14.3. The van der Waals surface area contributed by atoms with Crippen LogP contribution >= 0.6 is 11.6 Å². The van der Waals surface area contributed by atoms with Gasteiger partial charge >= 0.3 is 0 Å². The zero-order valence-corrected chi connectivity index (χ0v) is 13.3. The van der Waals surface area contributed by atoms with E-state index in [2.05, 4.69) is 0 Å². The van der Waals surface area contributed by atoms with Crippen molar-refractivity contribution in [2.45, 2.75) is 18.9 Å². The zero-order chi connectivity index (χ0) is 16.2. The van der Waals surface area contributed by atoms with E-state index in [0.29, 0.717) is 17.3 Å². The number of carbonyl (C=O) groups excluding carboxylic acids is 1. The van der Waals surface area contributed by atoms with Crippen LogP contribution in [0.15, 0.2) is 48.5 Å². The molecule has 1 saturated heterocycles. The molecule has 5 heteroatoms. The molecule has 0 N–H and O–H groups in total. The number of hydrogen-bond donors (Lipinski definition) is 0. The lowest BCUT2D eigenvalue weighted by molar-refractivity contribution is -0.134. The van der Waals surface area contributed by atoms with Crippen molar-refractivity contribution < 1.29 is 13.9 Å². The topological polar surface area (TPSA) is 29.5 Å². The maximum atomic E-state index is 13.1. The van der Waals surface area contributed by atoms with Crippen LogP contribution < -0.4 is 4.74 Å². The van der Waals surface area contributed by atoms with Crippen LogP contribution in [0.4, 0.5) is 4.39 Å². The van der Waals surface area contributed by atoms with Gasteiger partial charge in [-0.15, -0.1) is 0 Å². The molecule has 2 aromatic rings. The Hall–Kier alpha value is -2.07. The van der Waals surface area contributed by atoms with Gasteiger partial charge in [0.1, 0.15) is 11.6 Å². The van der Waals surface area contributed by atoms with Gasteiger partial charge in [0.05, 0.1) is 11.1 Å². The molecule has 0 saturated carbocycles. The van der Waals surface area contributed by atoms with Gasteiger partial charge in [-0.2, -0.15) is 0 Å². The predicted octanol–water partition coefficient (Wildman–Crippen LogP) is 4.22. The van der Waals surface area contributed by atoms with Crippen LogP contribution in [0.3, 0.4) is 0 Å². The molecule has 1 unspecified atom stereocenters. The molecule has 3 nitrogen and oxygen atoms in total. The third-order valence-corrected chi connectivity index (χ3v) is 4.33. The number of carbonyl (C=O) groups is 1. The Morgan fingerprint density at radius 3 is 2.70 bits per heavy atom. The highest BCUT2D eigenvalue weighted by Gasteiger charge is 2.30. The van der Waals surface area contributed by atoms with Crippen LogP contribution in [0.5, 0.6) is 5.75 Å². The van der Waals surface area contributed by atoms with Gasteiger partial charge in [-0.05, 0) is 42.7 Å². The summed E-state index contributed by atoms with van der Waals surface area (Å²) in [5.41, 5.74) is 0.954. The van der Waals surface area contributed by atoms with Crippen LogP contribution in [0, 0.1) is 5.82 Å². The van der Waals surface area contributed by atoms with E-state index < -0.39 is 0 Å². The number of nitrogens with zero attached hydrogens (tertiary/aromatic N) is 1. The lowest BCUT2D eigenvalue weighted by Crippen LogP contribution is -2.34. The fourth-order valence-corrected chi connectivity index (χ4v) is 3.07. The fraction of sp³-hybridized carbons (Fsp3) is 0.278. The van der Waals surface area contributed by atoms with Gasteiger partial charge < -0.3 is 9.64 Å². The third kappa shape index (κ3) is 3.64. The van der Waals surface area contributed by atoms with Crippen molar-refractivity contribution in [3.63, 3.8) is 0 Å². The molecule has 23 heavy (non-hydrogen) atoms. The second-order valence-electron chi connectivity index (χ2n) is 5.52. The minimum Gasteiger partial charge on any atom is -0.482 e. The molecular formula is C18H17ClFNO2. The number of likely N-dealkylation sites (tertiary alicyclic amines) is 1. The average Bonchev–Trinajstić information content (AvgIpc) is 3.04. The molecule has 3 rings (SSSR count). The van der Waals surface area contributed by atoms with Crippen molar-refractivity contribution in [3.8, 4) is 5.75 Å². The number of para-hydroxylation sites is 1. The van der Waals surface area contributed by atoms with E-state index in [1.807, 2.05) is 12.1 Å². The SMILES string of the molecule is O=C(COc1ccccc1Cl)N1CCCC1c1ccc(F)cc1. The van der Waals surface area contributed by atoms with E-state index in [1.165, 1.54) is 12.1 Å². The molecule has 1 aliphatic heterocycles. The van der Waals surface area contributed by atoms with E-state index >= 15 is 0 Å². The molecule has 1 heterocycles. The normalized spacial score (nSPS) is 17.3. The molecule has 0 spiro atoms. The van der Waals surface area contributed by atoms with Crippen molar-refractivity contribution >= 4 is 17.5 Å². The second kappa shape index (κ2) is 7.01. The van der Waals surface area contributed by atoms with Gasteiger partial charge in [0, 0.05) is 6.54 Å². The highest BCUT2D eigenvalue weighted by molar-refractivity contribution is 6.32. The summed E-state index contributed by atoms with van der Waals surface area (Å²) in [6, 6.07) is 13.4. The quantitative estimate of drug-likeness (QED) is 0.838. The number of rotatable bonds is 4. The molecule has 120 valence electrons. The van der Waals surface area contributed by atoms with Crippen LogP contribution in [0.2, 0.25) is 5.02 Å². The summed E-state index contributed by atoms with van der Waals surface area (Å²) in [6.45, 7) is 0.633. The van der Waals surface area contributed by atoms with E-state index in [-0.39, 0.29) is 24.4 Å². The molecule has 1 atom stereocenters. The first kappa shape index (κ1) is 15.8. The van der Waals surface area contributed by atoms with Crippen molar-refractivity contribution in [3.05, 3.63) is 64.9 Å². The van der Waals surface area contributed by atoms with Crippen LogP contribution in [-0.4, -0.2) is 24.0 Å². The molecule has 1 fully saturated rings. The zero-order valence-electron chi connectivity index (χ0n) is 12.5. The maximum absolute atomic E-state index is 13.1. The van der Waals surface area contributed by atoms with E-state index in [9.17, 15) is 9.18 Å². The standard InChI is InChI=1S/C18H17ClFNO2/c19-15-4-1-2-6-17(15)23-12-18(22)21-11-3-5-16(21)13-7-9-14(20)10-8-13/h1-2,4,6-10,16H,3,5,11-12H2.